The lowest BCUT2D eigenvalue weighted by molar-refractivity contribution is -0.149. The Balaban J connectivity index is 1.80. The van der Waals surface area contributed by atoms with E-state index in [2.05, 4.69) is 10.5 Å². The van der Waals surface area contributed by atoms with Crippen LogP contribution in [0.5, 0.6) is 0 Å². The molecule has 96 valence electrons. The molecule has 2 heterocycles. The highest BCUT2D eigenvalue weighted by Gasteiger charge is 2.20. The van der Waals surface area contributed by atoms with E-state index in [9.17, 15) is 4.79 Å². The lowest BCUT2D eigenvalue weighted by Gasteiger charge is -2.19. The number of aromatic nitrogens is 1. The predicted octanol–water partition coefficient (Wildman–Crippen LogP) is 1.54. The van der Waals surface area contributed by atoms with Crippen LogP contribution in [-0.2, 0) is 14.4 Å². The van der Waals surface area contributed by atoms with E-state index < -0.39 is 6.10 Å². The maximum Gasteiger partial charge on any atom is 0.272 e. The number of rotatable bonds is 4. The number of ether oxygens (including phenoxy) is 1. The van der Waals surface area contributed by atoms with Crippen LogP contribution in [0.15, 0.2) is 36.7 Å². The van der Waals surface area contributed by atoms with Crippen molar-refractivity contribution < 1.29 is 14.4 Å². The van der Waals surface area contributed by atoms with Gasteiger partial charge in [-0.1, -0.05) is 12.2 Å². The maximum atomic E-state index is 11.7. The van der Waals surface area contributed by atoms with Crippen molar-refractivity contribution >= 4 is 5.91 Å². The van der Waals surface area contributed by atoms with Gasteiger partial charge in [0.05, 0.1) is 6.61 Å². The Morgan fingerprint density at radius 1 is 1.50 bits per heavy atom. The second kappa shape index (κ2) is 6.28. The molecule has 1 amide bonds. The van der Waals surface area contributed by atoms with Crippen molar-refractivity contribution in [2.45, 2.75) is 25.6 Å². The SMILES string of the molecule is C[C@H](ONC(=O)C1CC=CCO1)c1ccncc1. The highest BCUT2D eigenvalue weighted by Crippen LogP contribution is 2.14. The minimum atomic E-state index is -0.459. The third kappa shape index (κ3) is 3.38. The number of pyridine rings is 1. The zero-order valence-corrected chi connectivity index (χ0v) is 10.2. The van der Waals surface area contributed by atoms with Crippen molar-refractivity contribution in [2.75, 3.05) is 6.61 Å². The van der Waals surface area contributed by atoms with Gasteiger partial charge in [-0.3, -0.25) is 14.6 Å². The summed E-state index contributed by atoms with van der Waals surface area (Å²) in [7, 11) is 0. The quantitative estimate of drug-likeness (QED) is 0.648. The first-order chi connectivity index (χ1) is 8.77. The molecule has 1 aliphatic heterocycles. The first-order valence-corrected chi connectivity index (χ1v) is 5.89. The van der Waals surface area contributed by atoms with Gasteiger partial charge in [0.15, 0.2) is 0 Å². The summed E-state index contributed by atoms with van der Waals surface area (Å²) in [5.74, 6) is -0.250. The number of nitrogens with one attached hydrogen (secondary N) is 1. The molecule has 2 atom stereocenters. The van der Waals surface area contributed by atoms with Crippen LogP contribution in [0.25, 0.3) is 0 Å². The van der Waals surface area contributed by atoms with Crippen LogP contribution in [0.1, 0.15) is 25.0 Å². The monoisotopic (exact) mass is 248 g/mol. The first kappa shape index (κ1) is 12.7. The van der Waals surface area contributed by atoms with E-state index >= 15 is 0 Å². The van der Waals surface area contributed by atoms with Gasteiger partial charge in [0.1, 0.15) is 12.2 Å². The first-order valence-electron chi connectivity index (χ1n) is 5.89. The molecule has 1 N–H and O–H groups in total. The molecule has 2 rings (SSSR count). The van der Waals surface area contributed by atoms with E-state index in [-0.39, 0.29) is 12.0 Å². The number of amides is 1. The molecule has 0 fully saturated rings. The molecule has 0 aromatic carbocycles. The third-order valence-corrected chi connectivity index (χ3v) is 2.71. The van der Waals surface area contributed by atoms with Crippen molar-refractivity contribution in [1.29, 1.82) is 0 Å². The molecule has 0 saturated carbocycles. The third-order valence-electron chi connectivity index (χ3n) is 2.71. The summed E-state index contributed by atoms with van der Waals surface area (Å²) >= 11 is 0. The zero-order valence-electron chi connectivity index (χ0n) is 10.2. The maximum absolute atomic E-state index is 11.7. The molecule has 0 spiro atoms. The van der Waals surface area contributed by atoms with E-state index in [4.69, 9.17) is 9.57 Å². The molecule has 1 aromatic heterocycles. The van der Waals surface area contributed by atoms with Gasteiger partial charge in [-0.2, -0.15) is 0 Å². The number of hydrogen-bond acceptors (Lipinski definition) is 4. The minimum Gasteiger partial charge on any atom is -0.364 e. The summed E-state index contributed by atoms with van der Waals surface area (Å²) in [6.07, 6.45) is 7.09. The van der Waals surface area contributed by atoms with Gasteiger partial charge in [0, 0.05) is 18.8 Å². The molecule has 1 unspecified atom stereocenters. The van der Waals surface area contributed by atoms with Gasteiger partial charge < -0.3 is 4.74 Å². The number of nitrogens with zero attached hydrogens (tertiary/aromatic N) is 1. The molecule has 0 bridgehead atoms. The highest BCUT2D eigenvalue weighted by atomic mass is 16.7. The minimum absolute atomic E-state index is 0.226. The topological polar surface area (TPSA) is 60.5 Å². The van der Waals surface area contributed by atoms with Crippen molar-refractivity contribution in [1.82, 2.24) is 10.5 Å². The predicted molar refractivity (Wildman–Crippen MR) is 65.4 cm³/mol. The van der Waals surface area contributed by atoms with Crippen molar-refractivity contribution in [2.24, 2.45) is 0 Å². The summed E-state index contributed by atoms with van der Waals surface area (Å²) < 4.78 is 5.29. The second-order valence-corrected chi connectivity index (χ2v) is 4.04. The van der Waals surface area contributed by atoms with Gasteiger partial charge in [0.25, 0.3) is 5.91 Å². The van der Waals surface area contributed by atoms with Crippen molar-refractivity contribution in [3.05, 3.63) is 42.2 Å². The zero-order chi connectivity index (χ0) is 12.8. The molecular weight excluding hydrogens is 232 g/mol. The molecule has 5 nitrogen and oxygen atoms in total. The molecule has 0 radical (unpaired) electrons. The van der Waals surface area contributed by atoms with Crippen LogP contribution < -0.4 is 5.48 Å². The van der Waals surface area contributed by atoms with E-state index in [1.165, 1.54) is 0 Å². The highest BCUT2D eigenvalue weighted by molar-refractivity contribution is 5.80. The normalized spacial score (nSPS) is 20.4. The lowest BCUT2D eigenvalue weighted by Crippen LogP contribution is -2.37. The summed E-state index contributed by atoms with van der Waals surface area (Å²) in [5, 5.41) is 0. The average Bonchev–Trinajstić information content (AvgIpc) is 2.46. The van der Waals surface area contributed by atoms with Crippen LogP contribution in [-0.4, -0.2) is 23.6 Å². The molecule has 1 aromatic rings. The van der Waals surface area contributed by atoms with Gasteiger partial charge >= 0.3 is 0 Å². The molecule has 0 aliphatic carbocycles. The van der Waals surface area contributed by atoms with E-state index in [1.54, 1.807) is 12.4 Å². The summed E-state index contributed by atoms with van der Waals surface area (Å²) in [5.41, 5.74) is 3.39. The Kier molecular flexibility index (Phi) is 4.44. The fourth-order valence-corrected chi connectivity index (χ4v) is 1.63. The largest absolute Gasteiger partial charge is 0.364 e. The van der Waals surface area contributed by atoms with Crippen LogP contribution in [0.2, 0.25) is 0 Å². The molecule has 18 heavy (non-hydrogen) atoms. The molecule has 5 heteroatoms. The molecular formula is C13H16N2O3. The number of hydrogen-bond donors (Lipinski definition) is 1. The van der Waals surface area contributed by atoms with Gasteiger partial charge in [-0.15, -0.1) is 0 Å². The second-order valence-electron chi connectivity index (χ2n) is 4.04. The Bertz CT molecular complexity index is 420. The smallest absolute Gasteiger partial charge is 0.272 e. The van der Waals surface area contributed by atoms with Crippen LogP contribution in [0.4, 0.5) is 0 Å². The number of carbonyl (C=O) groups is 1. The standard InChI is InChI=1S/C13H16N2O3/c1-10(11-5-7-14-8-6-11)18-15-13(16)12-4-2-3-9-17-12/h2-3,5-8,10,12H,4,9H2,1H3,(H,15,16)/t10-,12?/m0/s1. The van der Waals surface area contributed by atoms with E-state index in [1.807, 2.05) is 31.2 Å². The van der Waals surface area contributed by atoms with E-state index in [0.717, 1.165) is 5.56 Å². The Morgan fingerprint density at radius 3 is 2.94 bits per heavy atom. The van der Waals surface area contributed by atoms with Crippen molar-refractivity contribution in [3.63, 3.8) is 0 Å². The number of hydroxylamine groups is 1. The fourth-order valence-electron chi connectivity index (χ4n) is 1.63. The molecule has 0 saturated heterocycles. The van der Waals surface area contributed by atoms with Crippen LogP contribution in [0.3, 0.4) is 0 Å². The van der Waals surface area contributed by atoms with Crippen LogP contribution >= 0.6 is 0 Å². The fraction of sp³-hybridized carbons (Fsp3) is 0.385. The van der Waals surface area contributed by atoms with E-state index in [0.29, 0.717) is 13.0 Å². The Morgan fingerprint density at radius 2 is 2.28 bits per heavy atom. The lowest BCUT2D eigenvalue weighted by atomic mass is 10.2. The van der Waals surface area contributed by atoms with Gasteiger partial charge in [0.2, 0.25) is 0 Å². The average molecular weight is 248 g/mol. The van der Waals surface area contributed by atoms with Crippen molar-refractivity contribution in [3.8, 4) is 0 Å². The number of carbonyl (C=O) groups excluding carboxylic acids is 1. The Hall–Kier alpha value is -1.72. The summed E-state index contributed by atoms with van der Waals surface area (Å²) in [6.45, 7) is 2.33. The summed E-state index contributed by atoms with van der Waals surface area (Å²) in [4.78, 5) is 21.0. The van der Waals surface area contributed by atoms with Gasteiger partial charge in [-0.25, -0.2) is 5.48 Å². The van der Waals surface area contributed by atoms with Gasteiger partial charge in [-0.05, 0) is 24.6 Å². The van der Waals surface area contributed by atoms with Crippen LogP contribution in [0, 0.1) is 0 Å². The molecule has 1 aliphatic rings. The Labute approximate surface area is 106 Å². The summed E-state index contributed by atoms with van der Waals surface area (Å²) in [6, 6.07) is 3.69.